The minimum atomic E-state index is 0.00523. The van der Waals surface area contributed by atoms with Crippen LogP contribution < -0.4 is 14.9 Å². The minimum absolute atomic E-state index is 0.00523. The summed E-state index contributed by atoms with van der Waals surface area (Å²) >= 11 is 0.299. The summed E-state index contributed by atoms with van der Waals surface area (Å²) in [5.41, 5.74) is 1.68. The third kappa shape index (κ3) is 1.70. The van der Waals surface area contributed by atoms with Gasteiger partial charge in [0.1, 0.15) is 0 Å². The summed E-state index contributed by atoms with van der Waals surface area (Å²) in [6.07, 6.45) is 0. The van der Waals surface area contributed by atoms with Crippen molar-refractivity contribution in [1.82, 2.24) is 4.98 Å². The number of rotatable bonds is 1. The summed E-state index contributed by atoms with van der Waals surface area (Å²) in [7, 11) is 0. The molecule has 1 aliphatic rings. The van der Waals surface area contributed by atoms with E-state index in [2.05, 4.69) is 9.92 Å². The van der Waals surface area contributed by atoms with Gasteiger partial charge in [0.15, 0.2) is 0 Å². The number of aromatic amines is 1. The molecule has 5 heteroatoms. The zero-order valence-corrected chi connectivity index (χ0v) is 11.5. The van der Waals surface area contributed by atoms with Crippen LogP contribution in [-0.2, 0) is 0 Å². The molecule has 0 saturated heterocycles. The molecule has 3 heterocycles. The van der Waals surface area contributed by atoms with Crippen LogP contribution in [0.15, 0.2) is 40.1 Å². The van der Waals surface area contributed by atoms with Gasteiger partial charge in [-0.25, -0.2) is 0 Å². The second-order valence-corrected chi connectivity index (χ2v) is 6.26. The van der Waals surface area contributed by atoms with E-state index in [1.807, 2.05) is 18.2 Å². The number of H-pyrrole nitrogens is 1. The molecular weight excluding hydrogens is 309 g/mol. The Kier molecular flexibility index (Phi) is 2.30. The Morgan fingerprint density at radius 2 is 2.00 bits per heavy atom. The first-order chi connectivity index (χ1) is 9.31. The van der Waals surface area contributed by atoms with Crippen LogP contribution in [0.25, 0.3) is 21.0 Å². The maximum absolute atomic E-state index is 12.2. The van der Waals surface area contributed by atoms with Gasteiger partial charge in [0.05, 0.1) is 0 Å². The predicted molar refractivity (Wildman–Crippen MR) is 73.1 cm³/mol. The van der Waals surface area contributed by atoms with Crippen molar-refractivity contribution in [3.8, 4) is 21.6 Å². The van der Waals surface area contributed by atoms with Crippen molar-refractivity contribution in [1.29, 1.82) is 0 Å². The van der Waals surface area contributed by atoms with Crippen molar-refractivity contribution >= 4 is 25.4 Å². The van der Waals surface area contributed by atoms with Crippen molar-refractivity contribution in [3.63, 3.8) is 0 Å². The zero-order valence-electron chi connectivity index (χ0n) is 9.80. The number of hydrogen-bond acceptors (Lipinski definition) is 3. The van der Waals surface area contributed by atoms with E-state index in [4.69, 9.17) is 9.47 Å². The van der Waals surface area contributed by atoms with E-state index in [9.17, 15) is 4.79 Å². The van der Waals surface area contributed by atoms with E-state index in [0.29, 0.717) is 31.4 Å². The van der Waals surface area contributed by atoms with E-state index in [-0.39, 0.29) is 12.2 Å². The number of nitrogens with one attached hydrogen (secondary N) is 1. The van der Waals surface area contributed by atoms with Crippen molar-refractivity contribution < 1.29 is 9.47 Å². The number of hydrogen-bond donors (Lipinski definition) is 1. The normalized spacial score (nSPS) is 13.1. The second-order valence-electron chi connectivity index (χ2n) is 4.28. The summed E-state index contributed by atoms with van der Waals surface area (Å²) in [5.74, 6) is 1.32. The Balaban J connectivity index is 2.01. The van der Waals surface area contributed by atoms with Crippen LogP contribution in [0.5, 0.6) is 11.5 Å². The van der Waals surface area contributed by atoms with E-state index in [1.54, 1.807) is 12.1 Å². The summed E-state index contributed by atoms with van der Waals surface area (Å²) in [5, 5.41) is 0.632. The number of ether oxygens (including phenoxy) is 2. The van der Waals surface area contributed by atoms with Crippen LogP contribution in [0.3, 0.4) is 0 Å². The number of pyridine rings is 1. The van der Waals surface area contributed by atoms with Gasteiger partial charge in [-0.3, -0.25) is 0 Å². The summed E-state index contributed by atoms with van der Waals surface area (Å²) in [4.78, 5) is 17.6. The Hall–Kier alpha value is -1.97. The molecule has 3 aromatic rings. The molecule has 0 spiro atoms. The fraction of sp³-hybridized carbons (Fsp3) is 0.0714. The summed E-state index contributed by atoms with van der Waals surface area (Å²) in [6.45, 7) is 0.213. The molecule has 19 heavy (non-hydrogen) atoms. The van der Waals surface area contributed by atoms with E-state index >= 15 is 0 Å². The third-order valence-electron chi connectivity index (χ3n) is 3.11. The molecule has 4 nitrogen and oxygen atoms in total. The average molecular weight is 318 g/mol. The average Bonchev–Trinajstić information content (AvgIpc) is 3.07. The first-order valence-electron chi connectivity index (χ1n) is 5.82. The predicted octanol–water partition coefficient (Wildman–Crippen LogP) is 1.98. The quantitative estimate of drug-likeness (QED) is 0.698. The molecule has 94 valence electrons. The Bertz CT molecular complexity index is 821. The van der Waals surface area contributed by atoms with Crippen LogP contribution >= 0.6 is 0 Å². The van der Waals surface area contributed by atoms with Gasteiger partial charge < -0.3 is 0 Å². The first kappa shape index (κ1) is 10.9. The molecule has 0 fully saturated rings. The van der Waals surface area contributed by atoms with Gasteiger partial charge in [-0.2, -0.15) is 0 Å². The molecule has 0 unspecified atom stereocenters. The van der Waals surface area contributed by atoms with Crippen LogP contribution in [-0.4, -0.2) is 26.3 Å². The fourth-order valence-corrected chi connectivity index (χ4v) is 3.67. The number of fused-ring (bicyclic) bond motifs is 2. The molecule has 1 N–H and O–H groups in total. The summed E-state index contributed by atoms with van der Waals surface area (Å²) in [6, 6.07) is 9.30. The molecule has 4 rings (SSSR count). The molecule has 0 bridgehead atoms. The van der Waals surface area contributed by atoms with Crippen molar-refractivity contribution in [3.05, 3.63) is 45.5 Å². The molecule has 0 saturated carbocycles. The maximum atomic E-state index is 12.2. The van der Waals surface area contributed by atoms with E-state index < -0.39 is 0 Å². The Morgan fingerprint density at radius 1 is 1.16 bits per heavy atom. The van der Waals surface area contributed by atoms with Crippen molar-refractivity contribution in [2.45, 2.75) is 0 Å². The monoisotopic (exact) mass is 319 g/mol. The molecule has 0 radical (unpaired) electrons. The van der Waals surface area contributed by atoms with Crippen LogP contribution in [0, 0.1) is 0 Å². The fourth-order valence-electron chi connectivity index (χ4n) is 2.20. The molecule has 2 aromatic heterocycles. The van der Waals surface area contributed by atoms with Crippen LogP contribution in [0.1, 0.15) is 0 Å². The Labute approximate surface area is 114 Å². The van der Waals surface area contributed by atoms with Gasteiger partial charge in [0, 0.05) is 0 Å². The standard InChI is InChI=1S/C14H9NO3Se/c16-11-5-10(14-2-1-3-19-14)15-9-6-13-12(4-8(9)11)17-7-18-13/h1-6H,7H2,(H,15,16). The van der Waals surface area contributed by atoms with Crippen LogP contribution in [0.4, 0.5) is 0 Å². The SMILES string of the molecule is O=c1cc(-c2ccc[se]2)[nH]c2cc3c(cc12)OCO3. The zero-order chi connectivity index (χ0) is 12.8. The van der Waals surface area contributed by atoms with Gasteiger partial charge in [0.25, 0.3) is 0 Å². The Morgan fingerprint density at radius 3 is 2.79 bits per heavy atom. The van der Waals surface area contributed by atoms with Gasteiger partial charge in [-0.05, 0) is 0 Å². The van der Waals surface area contributed by atoms with E-state index in [0.717, 1.165) is 11.2 Å². The van der Waals surface area contributed by atoms with Crippen molar-refractivity contribution in [2.24, 2.45) is 0 Å². The van der Waals surface area contributed by atoms with Crippen molar-refractivity contribution in [2.75, 3.05) is 6.79 Å². The van der Waals surface area contributed by atoms with Gasteiger partial charge >= 0.3 is 114 Å². The number of aromatic nitrogens is 1. The van der Waals surface area contributed by atoms with Gasteiger partial charge in [-0.15, -0.1) is 0 Å². The molecule has 0 aliphatic carbocycles. The van der Waals surface area contributed by atoms with E-state index in [1.165, 1.54) is 4.44 Å². The summed E-state index contributed by atoms with van der Waals surface area (Å²) < 4.78 is 11.8. The second kappa shape index (κ2) is 4.02. The van der Waals surface area contributed by atoms with Crippen LogP contribution in [0.2, 0.25) is 0 Å². The van der Waals surface area contributed by atoms with Gasteiger partial charge in [-0.1, -0.05) is 0 Å². The third-order valence-corrected chi connectivity index (χ3v) is 5.00. The first-order valence-corrected chi connectivity index (χ1v) is 7.66. The van der Waals surface area contributed by atoms with Gasteiger partial charge in [0.2, 0.25) is 0 Å². The molecule has 0 amide bonds. The molecule has 0 atom stereocenters. The molecule has 1 aliphatic heterocycles. The topological polar surface area (TPSA) is 51.3 Å². The molecular formula is C14H9NO3Se. The molecule has 1 aromatic carbocycles. The number of benzene rings is 1.